The molecule has 0 bridgehead atoms. The summed E-state index contributed by atoms with van der Waals surface area (Å²) in [6.45, 7) is 5.20. The number of rotatable bonds is 6. The molecule has 0 saturated heterocycles. The Hall–Kier alpha value is -0.900. The van der Waals surface area contributed by atoms with E-state index < -0.39 is 6.10 Å². The summed E-state index contributed by atoms with van der Waals surface area (Å²) in [5.74, 6) is 0. The molecule has 0 aliphatic rings. The molecule has 2 unspecified atom stereocenters. The number of nitrogens with zero attached hydrogens (tertiary/aromatic N) is 1. The second-order valence-corrected chi connectivity index (χ2v) is 4.77. The molecule has 0 spiro atoms. The molecule has 0 aliphatic carbocycles. The Labute approximate surface area is 104 Å². The van der Waals surface area contributed by atoms with Crippen LogP contribution in [0.4, 0.5) is 0 Å². The maximum atomic E-state index is 10.1. The van der Waals surface area contributed by atoms with Gasteiger partial charge in [0.1, 0.15) is 0 Å². The number of hydrogen-bond donors (Lipinski definition) is 2. The van der Waals surface area contributed by atoms with Crippen LogP contribution in [0.25, 0.3) is 0 Å². The van der Waals surface area contributed by atoms with Crippen LogP contribution in [0.3, 0.4) is 0 Å². The second-order valence-electron chi connectivity index (χ2n) is 4.77. The fourth-order valence-corrected chi connectivity index (χ4v) is 2.00. The van der Waals surface area contributed by atoms with Gasteiger partial charge >= 0.3 is 0 Å². The van der Waals surface area contributed by atoms with Crippen LogP contribution in [0.2, 0.25) is 0 Å². The molecule has 1 aromatic carbocycles. The lowest BCUT2D eigenvalue weighted by atomic mass is 10.0. The SMILES string of the molecule is Cc1ccccc1C(O)CCN(C)CC(C)O. The van der Waals surface area contributed by atoms with Crippen LogP contribution in [0, 0.1) is 6.92 Å². The Morgan fingerprint density at radius 2 is 1.88 bits per heavy atom. The van der Waals surface area contributed by atoms with Crippen molar-refractivity contribution in [3.63, 3.8) is 0 Å². The fraction of sp³-hybridized carbons (Fsp3) is 0.571. The zero-order valence-electron chi connectivity index (χ0n) is 10.9. The Balaban J connectivity index is 2.45. The van der Waals surface area contributed by atoms with E-state index in [1.807, 2.05) is 43.1 Å². The Bertz CT molecular complexity index is 339. The molecule has 1 aromatic rings. The quantitative estimate of drug-likeness (QED) is 0.792. The minimum atomic E-state index is -0.423. The molecular weight excluding hydrogens is 214 g/mol. The normalized spacial score (nSPS) is 14.9. The Kier molecular flexibility index (Phi) is 5.62. The van der Waals surface area contributed by atoms with E-state index in [0.717, 1.165) is 17.7 Å². The summed E-state index contributed by atoms with van der Waals surface area (Å²) < 4.78 is 0. The van der Waals surface area contributed by atoms with Gasteiger partial charge in [0.15, 0.2) is 0 Å². The smallest absolute Gasteiger partial charge is 0.0804 e. The third-order valence-corrected chi connectivity index (χ3v) is 2.91. The van der Waals surface area contributed by atoms with Crippen molar-refractivity contribution in [1.82, 2.24) is 4.90 Å². The van der Waals surface area contributed by atoms with Gasteiger partial charge in [-0.05, 0) is 38.4 Å². The van der Waals surface area contributed by atoms with Gasteiger partial charge in [0.25, 0.3) is 0 Å². The van der Waals surface area contributed by atoms with Crippen molar-refractivity contribution in [2.24, 2.45) is 0 Å². The molecule has 1 rings (SSSR count). The molecule has 2 N–H and O–H groups in total. The van der Waals surface area contributed by atoms with E-state index in [0.29, 0.717) is 13.0 Å². The summed E-state index contributed by atoms with van der Waals surface area (Å²) in [7, 11) is 1.96. The highest BCUT2D eigenvalue weighted by Crippen LogP contribution is 2.20. The van der Waals surface area contributed by atoms with Crippen LogP contribution in [-0.4, -0.2) is 41.4 Å². The fourth-order valence-electron chi connectivity index (χ4n) is 2.00. The van der Waals surface area contributed by atoms with Crippen molar-refractivity contribution >= 4 is 0 Å². The standard InChI is InChI=1S/C14H23NO2/c1-11-6-4-5-7-13(11)14(17)8-9-15(3)10-12(2)16/h4-7,12,14,16-17H,8-10H2,1-3H3. The number of aryl methyl sites for hydroxylation is 1. The summed E-state index contributed by atoms with van der Waals surface area (Å²) in [6, 6.07) is 7.91. The molecule has 0 aromatic heterocycles. The van der Waals surface area contributed by atoms with E-state index in [9.17, 15) is 10.2 Å². The summed E-state index contributed by atoms with van der Waals surface area (Å²) in [5.41, 5.74) is 2.12. The Morgan fingerprint density at radius 3 is 2.47 bits per heavy atom. The van der Waals surface area contributed by atoms with Crippen LogP contribution in [0.1, 0.15) is 30.6 Å². The molecule has 17 heavy (non-hydrogen) atoms. The first-order chi connectivity index (χ1) is 8.00. The highest BCUT2D eigenvalue weighted by molar-refractivity contribution is 5.27. The van der Waals surface area contributed by atoms with Gasteiger partial charge in [0.2, 0.25) is 0 Å². The van der Waals surface area contributed by atoms with Gasteiger partial charge in [-0.25, -0.2) is 0 Å². The maximum absolute atomic E-state index is 10.1. The Morgan fingerprint density at radius 1 is 1.24 bits per heavy atom. The maximum Gasteiger partial charge on any atom is 0.0804 e. The highest BCUT2D eigenvalue weighted by atomic mass is 16.3. The lowest BCUT2D eigenvalue weighted by molar-refractivity contribution is 0.115. The zero-order chi connectivity index (χ0) is 12.8. The molecule has 0 radical (unpaired) electrons. The highest BCUT2D eigenvalue weighted by Gasteiger charge is 2.11. The topological polar surface area (TPSA) is 43.7 Å². The first-order valence-corrected chi connectivity index (χ1v) is 6.11. The van der Waals surface area contributed by atoms with Crippen molar-refractivity contribution < 1.29 is 10.2 Å². The summed E-state index contributed by atoms with van der Waals surface area (Å²) in [6.07, 6.45) is -0.0584. The number of benzene rings is 1. The number of aliphatic hydroxyl groups is 2. The van der Waals surface area contributed by atoms with E-state index in [-0.39, 0.29) is 6.10 Å². The first-order valence-electron chi connectivity index (χ1n) is 6.11. The third kappa shape index (κ3) is 4.86. The molecule has 3 heteroatoms. The van der Waals surface area contributed by atoms with Gasteiger partial charge in [0, 0.05) is 13.1 Å². The van der Waals surface area contributed by atoms with Gasteiger partial charge in [0.05, 0.1) is 12.2 Å². The largest absolute Gasteiger partial charge is 0.392 e. The van der Waals surface area contributed by atoms with Crippen molar-refractivity contribution in [3.8, 4) is 0 Å². The summed E-state index contributed by atoms with van der Waals surface area (Å²) in [4.78, 5) is 2.03. The van der Waals surface area contributed by atoms with Crippen molar-refractivity contribution in [2.45, 2.75) is 32.5 Å². The number of hydrogen-bond acceptors (Lipinski definition) is 3. The van der Waals surface area contributed by atoms with E-state index in [2.05, 4.69) is 0 Å². The molecule has 0 heterocycles. The lowest BCUT2D eigenvalue weighted by Crippen LogP contribution is -2.29. The average molecular weight is 237 g/mol. The molecule has 3 nitrogen and oxygen atoms in total. The van der Waals surface area contributed by atoms with Crippen molar-refractivity contribution in [2.75, 3.05) is 20.1 Å². The molecule has 0 aliphatic heterocycles. The van der Waals surface area contributed by atoms with E-state index in [1.54, 1.807) is 6.92 Å². The van der Waals surface area contributed by atoms with Crippen LogP contribution in [0.15, 0.2) is 24.3 Å². The third-order valence-electron chi connectivity index (χ3n) is 2.91. The first kappa shape index (κ1) is 14.2. The molecular formula is C14H23NO2. The molecule has 96 valence electrons. The van der Waals surface area contributed by atoms with E-state index in [4.69, 9.17) is 0 Å². The zero-order valence-corrected chi connectivity index (χ0v) is 10.9. The van der Waals surface area contributed by atoms with Crippen molar-refractivity contribution in [1.29, 1.82) is 0 Å². The van der Waals surface area contributed by atoms with Gasteiger partial charge in [-0.3, -0.25) is 0 Å². The van der Waals surface area contributed by atoms with E-state index in [1.165, 1.54) is 0 Å². The minimum absolute atomic E-state index is 0.324. The molecule has 0 fully saturated rings. The number of aliphatic hydroxyl groups excluding tert-OH is 2. The monoisotopic (exact) mass is 237 g/mol. The predicted molar refractivity (Wildman–Crippen MR) is 69.9 cm³/mol. The summed E-state index contributed by atoms with van der Waals surface area (Å²) in [5, 5.41) is 19.3. The van der Waals surface area contributed by atoms with Crippen LogP contribution >= 0.6 is 0 Å². The van der Waals surface area contributed by atoms with E-state index >= 15 is 0 Å². The van der Waals surface area contributed by atoms with Crippen LogP contribution in [-0.2, 0) is 0 Å². The van der Waals surface area contributed by atoms with Crippen LogP contribution in [0.5, 0.6) is 0 Å². The number of likely N-dealkylation sites (N-methyl/N-ethyl adjacent to an activating group) is 1. The van der Waals surface area contributed by atoms with Gasteiger partial charge in [-0.2, -0.15) is 0 Å². The van der Waals surface area contributed by atoms with Gasteiger partial charge in [-0.1, -0.05) is 24.3 Å². The second kappa shape index (κ2) is 6.74. The molecule has 0 amide bonds. The lowest BCUT2D eigenvalue weighted by Gasteiger charge is -2.21. The van der Waals surface area contributed by atoms with Crippen LogP contribution < -0.4 is 0 Å². The minimum Gasteiger partial charge on any atom is -0.392 e. The molecule has 2 atom stereocenters. The van der Waals surface area contributed by atoms with Gasteiger partial charge < -0.3 is 15.1 Å². The molecule has 0 saturated carbocycles. The predicted octanol–water partition coefficient (Wildman–Crippen LogP) is 1.73. The van der Waals surface area contributed by atoms with Gasteiger partial charge in [-0.15, -0.1) is 0 Å². The average Bonchev–Trinajstić information content (AvgIpc) is 2.25. The summed E-state index contributed by atoms with van der Waals surface area (Å²) >= 11 is 0. The van der Waals surface area contributed by atoms with Crippen molar-refractivity contribution in [3.05, 3.63) is 35.4 Å².